The molecule has 0 unspecified atom stereocenters. The molecule has 0 saturated carbocycles. The van der Waals surface area contributed by atoms with Crippen molar-refractivity contribution in [3.05, 3.63) is 54.4 Å². The molecular weight excluding hydrogens is 312 g/mol. The molecule has 2 aromatic rings. The second kappa shape index (κ2) is 8.74. The van der Waals surface area contributed by atoms with Crippen molar-refractivity contribution in [1.29, 1.82) is 0 Å². The van der Waals surface area contributed by atoms with Crippen molar-refractivity contribution in [3.8, 4) is 11.1 Å². The lowest BCUT2D eigenvalue weighted by Crippen LogP contribution is -2.49. The Bertz CT molecular complexity index is 664. The molecule has 1 aromatic heterocycles. The molecule has 1 aliphatic rings. The van der Waals surface area contributed by atoms with E-state index in [0.717, 1.165) is 38.3 Å². The van der Waals surface area contributed by atoms with Gasteiger partial charge in [-0.25, -0.2) is 0 Å². The third-order valence-corrected chi connectivity index (χ3v) is 4.56. The van der Waals surface area contributed by atoms with Crippen LogP contribution in [0.3, 0.4) is 0 Å². The third-order valence-electron chi connectivity index (χ3n) is 4.56. The minimum Gasteiger partial charge on any atom is -0.355 e. The second-order valence-electron chi connectivity index (χ2n) is 6.44. The van der Waals surface area contributed by atoms with Crippen molar-refractivity contribution in [1.82, 2.24) is 20.1 Å². The normalized spacial score (nSPS) is 15.9. The van der Waals surface area contributed by atoms with Gasteiger partial charge in [-0.2, -0.15) is 0 Å². The van der Waals surface area contributed by atoms with Crippen LogP contribution >= 0.6 is 0 Å². The van der Waals surface area contributed by atoms with Crippen LogP contribution in [0.1, 0.15) is 12.5 Å². The molecule has 1 aromatic carbocycles. The maximum atomic E-state index is 11.7. The van der Waals surface area contributed by atoms with Crippen molar-refractivity contribution < 1.29 is 4.79 Å². The second-order valence-corrected chi connectivity index (χ2v) is 6.44. The minimum atomic E-state index is 0.127. The lowest BCUT2D eigenvalue weighted by Gasteiger charge is -2.34. The minimum absolute atomic E-state index is 0.127. The van der Waals surface area contributed by atoms with Gasteiger partial charge in [0.05, 0.1) is 6.54 Å². The first-order chi connectivity index (χ1) is 12.2. The number of pyridine rings is 1. The summed E-state index contributed by atoms with van der Waals surface area (Å²) < 4.78 is 0. The standard InChI is InChI=1S/C20H26N4O/c1-2-22-20(25)16-24-12-10-23(11-13-24)15-17-5-7-18(8-6-17)19-4-3-9-21-14-19/h3-9,14H,2,10-13,15-16H2,1H3,(H,22,25). The number of amides is 1. The van der Waals surface area contributed by atoms with Crippen LogP contribution in [0.4, 0.5) is 0 Å². The summed E-state index contributed by atoms with van der Waals surface area (Å²) in [7, 11) is 0. The van der Waals surface area contributed by atoms with Gasteiger partial charge in [-0.05, 0) is 29.7 Å². The number of carbonyl (C=O) groups excluding carboxylic acids is 1. The zero-order valence-electron chi connectivity index (χ0n) is 14.8. The zero-order valence-corrected chi connectivity index (χ0v) is 14.8. The predicted molar refractivity (Wildman–Crippen MR) is 100 cm³/mol. The fourth-order valence-electron chi connectivity index (χ4n) is 3.16. The van der Waals surface area contributed by atoms with Gasteiger partial charge in [0.2, 0.25) is 5.91 Å². The van der Waals surface area contributed by atoms with Crippen molar-refractivity contribution in [3.63, 3.8) is 0 Å². The summed E-state index contributed by atoms with van der Waals surface area (Å²) in [5.74, 6) is 0.127. The SMILES string of the molecule is CCNC(=O)CN1CCN(Cc2ccc(-c3cccnc3)cc2)CC1. The van der Waals surface area contributed by atoms with E-state index in [9.17, 15) is 4.79 Å². The van der Waals surface area contributed by atoms with Crippen LogP contribution in [0, 0.1) is 0 Å². The lowest BCUT2D eigenvalue weighted by molar-refractivity contribution is -0.122. The van der Waals surface area contributed by atoms with Gasteiger partial charge < -0.3 is 5.32 Å². The Morgan fingerprint density at radius 2 is 1.76 bits per heavy atom. The monoisotopic (exact) mass is 338 g/mol. The number of piperazine rings is 1. The van der Waals surface area contributed by atoms with Crippen LogP contribution in [0.2, 0.25) is 0 Å². The van der Waals surface area contributed by atoms with Crippen molar-refractivity contribution >= 4 is 5.91 Å². The number of aromatic nitrogens is 1. The Morgan fingerprint density at radius 1 is 1.04 bits per heavy atom. The van der Waals surface area contributed by atoms with E-state index in [0.29, 0.717) is 13.1 Å². The highest BCUT2D eigenvalue weighted by molar-refractivity contribution is 5.77. The Kier molecular flexibility index (Phi) is 6.14. The molecule has 1 saturated heterocycles. The highest BCUT2D eigenvalue weighted by Crippen LogP contribution is 2.19. The molecule has 0 radical (unpaired) electrons. The Balaban J connectivity index is 1.48. The summed E-state index contributed by atoms with van der Waals surface area (Å²) in [6.45, 7) is 8.04. The molecular formula is C20H26N4O. The molecule has 1 fully saturated rings. The van der Waals surface area contributed by atoms with Crippen LogP contribution in [0.5, 0.6) is 0 Å². The maximum Gasteiger partial charge on any atom is 0.234 e. The highest BCUT2D eigenvalue weighted by Gasteiger charge is 2.18. The fraction of sp³-hybridized carbons (Fsp3) is 0.400. The van der Waals surface area contributed by atoms with Gasteiger partial charge >= 0.3 is 0 Å². The molecule has 132 valence electrons. The van der Waals surface area contributed by atoms with E-state index in [-0.39, 0.29) is 5.91 Å². The van der Waals surface area contributed by atoms with Gasteiger partial charge in [0.15, 0.2) is 0 Å². The summed E-state index contributed by atoms with van der Waals surface area (Å²) in [5.41, 5.74) is 3.67. The molecule has 0 aliphatic carbocycles. The first-order valence-electron chi connectivity index (χ1n) is 8.95. The number of benzene rings is 1. The molecule has 1 aliphatic heterocycles. The molecule has 1 amide bonds. The molecule has 25 heavy (non-hydrogen) atoms. The molecule has 0 atom stereocenters. The van der Waals surface area contributed by atoms with E-state index in [1.165, 1.54) is 11.1 Å². The van der Waals surface area contributed by atoms with Crippen LogP contribution in [0.15, 0.2) is 48.8 Å². The Labute approximate surface area is 149 Å². The molecule has 5 heteroatoms. The number of likely N-dealkylation sites (N-methyl/N-ethyl adjacent to an activating group) is 1. The van der Waals surface area contributed by atoms with Crippen molar-refractivity contribution in [2.24, 2.45) is 0 Å². The molecule has 5 nitrogen and oxygen atoms in total. The van der Waals surface area contributed by atoms with E-state index >= 15 is 0 Å². The number of rotatable bonds is 6. The third kappa shape index (κ3) is 5.11. The zero-order chi connectivity index (χ0) is 17.5. The topological polar surface area (TPSA) is 48.5 Å². The summed E-state index contributed by atoms with van der Waals surface area (Å²) >= 11 is 0. The first-order valence-corrected chi connectivity index (χ1v) is 8.95. The molecule has 2 heterocycles. The number of nitrogens with zero attached hydrogens (tertiary/aromatic N) is 3. The molecule has 0 bridgehead atoms. The largest absolute Gasteiger partial charge is 0.355 e. The van der Waals surface area contributed by atoms with E-state index in [1.54, 1.807) is 6.20 Å². The number of carbonyl (C=O) groups is 1. The van der Waals surface area contributed by atoms with E-state index < -0.39 is 0 Å². The van der Waals surface area contributed by atoms with Gasteiger partial charge in [-0.15, -0.1) is 0 Å². The summed E-state index contributed by atoms with van der Waals surface area (Å²) in [6, 6.07) is 12.8. The summed E-state index contributed by atoms with van der Waals surface area (Å²) in [5, 5.41) is 2.86. The van der Waals surface area contributed by atoms with Crippen LogP contribution in [-0.2, 0) is 11.3 Å². The van der Waals surface area contributed by atoms with Gasteiger partial charge in [0.1, 0.15) is 0 Å². The van der Waals surface area contributed by atoms with Crippen molar-refractivity contribution in [2.45, 2.75) is 13.5 Å². The lowest BCUT2D eigenvalue weighted by atomic mass is 10.1. The van der Waals surface area contributed by atoms with Gasteiger partial charge in [0, 0.05) is 51.7 Å². The van der Waals surface area contributed by atoms with Gasteiger partial charge in [0.25, 0.3) is 0 Å². The maximum absolute atomic E-state index is 11.7. The predicted octanol–water partition coefficient (Wildman–Crippen LogP) is 2.00. The molecule has 0 spiro atoms. The average Bonchev–Trinajstić information content (AvgIpc) is 2.65. The number of hydrogen-bond acceptors (Lipinski definition) is 4. The Hall–Kier alpha value is -2.24. The van der Waals surface area contributed by atoms with Gasteiger partial charge in [-0.3, -0.25) is 19.6 Å². The quantitative estimate of drug-likeness (QED) is 0.875. The van der Waals surface area contributed by atoms with Crippen LogP contribution in [-0.4, -0.2) is 60.0 Å². The Morgan fingerprint density at radius 3 is 2.40 bits per heavy atom. The van der Waals surface area contributed by atoms with Crippen LogP contribution < -0.4 is 5.32 Å². The first kappa shape index (κ1) is 17.6. The van der Waals surface area contributed by atoms with E-state index in [1.807, 2.05) is 19.2 Å². The van der Waals surface area contributed by atoms with E-state index in [4.69, 9.17) is 0 Å². The highest BCUT2D eigenvalue weighted by atomic mass is 16.2. The molecule has 1 N–H and O–H groups in total. The average molecular weight is 338 g/mol. The fourth-order valence-corrected chi connectivity index (χ4v) is 3.16. The summed E-state index contributed by atoms with van der Waals surface area (Å²) in [6.07, 6.45) is 3.69. The molecule has 3 rings (SSSR count). The van der Waals surface area contributed by atoms with Crippen molar-refractivity contribution in [2.75, 3.05) is 39.3 Å². The number of hydrogen-bond donors (Lipinski definition) is 1. The van der Waals surface area contributed by atoms with E-state index in [2.05, 4.69) is 50.4 Å². The van der Waals surface area contributed by atoms with Gasteiger partial charge in [-0.1, -0.05) is 30.3 Å². The smallest absolute Gasteiger partial charge is 0.234 e. The summed E-state index contributed by atoms with van der Waals surface area (Å²) in [4.78, 5) is 20.5. The number of nitrogens with one attached hydrogen (secondary N) is 1. The van der Waals surface area contributed by atoms with Crippen LogP contribution in [0.25, 0.3) is 11.1 Å².